The molecule has 1 fully saturated rings. The average Bonchev–Trinajstić information content (AvgIpc) is 2.73. The van der Waals surface area contributed by atoms with Gasteiger partial charge in [-0.2, -0.15) is 9.29 Å². The van der Waals surface area contributed by atoms with Crippen molar-refractivity contribution < 1.29 is 13.2 Å². The summed E-state index contributed by atoms with van der Waals surface area (Å²) in [5, 5.41) is 1.94. The lowest BCUT2D eigenvalue weighted by atomic mass is 10.1. The maximum Gasteiger partial charge on any atom is 0.243 e. The van der Waals surface area contributed by atoms with Crippen LogP contribution in [0.2, 0.25) is 0 Å². The molecule has 1 aromatic heterocycles. The maximum atomic E-state index is 13.0. The van der Waals surface area contributed by atoms with E-state index in [1.54, 1.807) is 31.5 Å². The lowest BCUT2D eigenvalue weighted by Gasteiger charge is -2.34. The van der Waals surface area contributed by atoms with Crippen LogP contribution < -0.4 is 9.64 Å². The summed E-state index contributed by atoms with van der Waals surface area (Å²) >= 11 is 0. The van der Waals surface area contributed by atoms with Crippen LogP contribution in [0.3, 0.4) is 0 Å². The molecule has 8 heteroatoms. The first-order chi connectivity index (χ1) is 13.1. The van der Waals surface area contributed by atoms with Gasteiger partial charge in [-0.3, -0.25) is 0 Å². The molecule has 3 aromatic rings. The van der Waals surface area contributed by atoms with Crippen LogP contribution in [0.15, 0.2) is 59.6 Å². The van der Waals surface area contributed by atoms with Crippen molar-refractivity contribution in [3.63, 3.8) is 0 Å². The van der Waals surface area contributed by atoms with Gasteiger partial charge in [-0.1, -0.05) is 30.3 Å². The summed E-state index contributed by atoms with van der Waals surface area (Å²) in [5.41, 5.74) is 0. The smallest absolute Gasteiger partial charge is 0.243 e. The summed E-state index contributed by atoms with van der Waals surface area (Å²) in [7, 11) is -1.98. The Hall–Kier alpha value is -2.71. The van der Waals surface area contributed by atoms with Gasteiger partial charge in [-0.25, -0.2) is 13.4 Å². The largest absolute Gasteiger partial charge is 0.481 e. The number of ether oxygens (including phenoxy) is 1. The first kappa shape index (κ1) is 17.7. The van der Waals surface area contributed by atoms with Crippen LogP contribution in [0, 0.1) is 0 Å². The van der Waals surface area contributed by atoms with Gasteiger partial charge in [0.05, 0.1) is 12.0 Å². The Labute approximate surface area is 158 Å². The highest BCUT2D eigenvalue weighted by Gasteiger charge is 2.29. The quantitative estimate of drug-likeness (QED) is 0.686. The minimum Gasteiger partial charge on any atom is -0.481 e. The monoisotopic (exact) mass is 384 g/mol. The second kappa shape index (κ2) is 7.13. The number of hydrogen-bond acceptors (Lipinski definition) is 6. The van der Waals surface area contributed by atoms with Crippen molar-refractivity contribution in [3.05, 3.63) is 54.7 Å². The summed E-state index contributed by atoms with van der Waals surface area (Å²) in [6, 6.07) is 14.7. The predicted octanol–water partition coefficient (Wildman–Crippen LogP) is 2.15. The van der Waals surface area contributed by atoms with Gasteiger partial charge in [0.15, 0.2) is 0 Å². The molecule has 0 radical (unpaired) electrons. The second-order valence-corrected chi connectivity index (χ2v) is 8.24. The third-order valence-electron chi connectivity index (χ3n) is 4.71. The Balaban J connectivity index is 1.52. The van der Waals surface area contributed by atoms with Gasteiger partial charge in [0.1, 0.15) is 0 Å². The molecule has 0 saturated carbocycles. The molecule has 4 rings (SSSR count). The van der Waals surface area contributed by atoms with Crippen molar-refractivity contribution in [1.29, 1.82) is 0 Å². The molecule has 2 aromatic carbocycles. The lowest BCUT2D eigenvalue weighted by Crippen LogP contribution is -2.49. The van der Waals surface area contributed by atoms with Crippen LogP contribution in [0.1, 0.15) is 0 Å². The van der Waals surface area contributed by atoms with Crippen LogP contribution in [-0.4, -0.2) is 56.0 Å². The number of rotatable bonds is 4. The highest BCUT2D eigenvalue weighted by atomic mass is 32.2. The molecule has 1 aliphatic rings. The molecule has 140 valence electrons. The van der Waals surface area contributed by atoms with E-state index in [0.29, 0.717) is 42.9 Å². The Bertz CT molecular complexity index is 1060. The van der Waals surface area contributed by atoms with Gasteiger partial charge in [-0.05, 0) is 22.9 Å². The number of sulfonamides is 1. The van der Waals surface area contributed by atoms with Gasteiger partial charge in [0, 0.05) is 38.4 Å². The molecule has 0 spiro atoms. The summed E-state index contributed by atoms with van der Waals surface area (Å²) in [6.07, 6.45) is 1.64. The average molecular weight is 384 g/mol. The molecule has 0 N–H and O–H groups in total. The second-order valence-electron chi connectivity index (χ2n) is 6.30. The summed E-state index contributed by atoms with van der Waals surface area (Å²) < 4.78 is 32.7. The lowest BCUT2D eigenvalue weighted by molar-refractivity contribution is 0.377. The number of aromatic nitrogens is 2. The highest BCUT2D eigenvalue weighted by Crippen LogP contribution is 2.23. The highest BCUT2D eigenvalue weighted by molar-refractivity contribution is 7.89. The van der Waals surface area contributed by atoms with Gasteiger partial charge < -0.3 is 9.64 Å². The normalized spacial score (nSPS) is 15.8. The molecular formula is C19H20N4O3S. The van der Waals surface area contributed by atoms with Crippen molar-refractivity contribution in [1.82, 2.24) is 14.3 Å². The summed E-state index contributed by atoms with van der Waals surface area (Å²) in [4.78, 5) is 10.9. The fourth-order valence-corrected chi connectivity index (χ4v) is 4.66. The van der Waals surface area contributed by atoms with Gasteiger partial charge in [0.25, 0.3) is 0 Å². The Morgan fingerprint density at radius 2 is 1.70 bits per heavy atom. The van der Waals surface area contributed by atoms with E-state index in [1.165, 1.54) is 4.31 Å². The molecule has 0 bridgehead atoms. The van der Waals surface area contributed by atoms with Crippen LogP contribution in [0.25, 0.3) is 10.8 Å². The molecule has 1 aliphatic heterocycles. The third-order valence-corrected chi connectivity index (χ3v) is 6.60. The van der Waals surface area contributed by atoms with E-state index in [1.807, 2.05) is 35.2 Å². The van der Waals surface area contributed by atoms with E-state index in [-0.39, 0.29) is 0 Å². The van der Waals surface area contributed by atoms with E-state index in [4.69, 9.17) is 4.74 Å². The summed E-state index contributed by atoms with van der Waals surface area (Å²) in [5.74, 6) is 1.04. The Morgan fingerprint density at radius 3 is 2.44 bits per heavy atom. The molecule has 0 atom stereocenters. The van der Waals surface area contributed by atoms with E-state index in [9.17, 15) is 8.42 Å². The molecule has 0 unspecified atom stereocenters. The molecule has 1 saturated heterocycles. The van der Waals surface area contributed by atoms with E-state index in [0.717, 1.165) is 10.8 Å². The van der Waals surface area contributed by atoms with Crippen molar-refractivity contribution in [2.45, 2.75) is 4.90 Å². The number of hydrogen-bond donors (Lipinski definition) is 0. The molecule has 2 heterocycles. The molecule has 7 nitrogen and oxygen atoms in total. The first-order valence-corrected chi connectivity index (χ1v) is 10.1. The van der Waals surface area contributed by atoms with Gasteiger partial charge in [-0.15, -0.1) is 0 Å². The van der Waals surface area contributed by atoms with Crippen LogP contribution in [0.5, 0.6) is 5.88 Å². The van der Waals surface area contributed by atoms with Gasteiger partial charge in [0.2, 0.25) is 21.9 Å². The zero-order valence-corrected chi connectivity index (χ0v) is 15.8. The van der Waals surface area contributed by atoms with Crippen molar-refractivity contribution >= 4 is 26.7 Å². The molecule has 27 heavy (non-hydrogen) atoms. The number of nitrogens with zero attached hydrogens (tertiary/aromatic N) is 4. The predicted molar refractivity (Wildman–Crippen MR) is 104 cm³/mol. The zero-order valence-electron chi connectivity index (χ0n) is 14.9. The number of methoxy groups -OCH3 is 1. The zero-order chi connectivity index (χ0) is 18.9. The Morgan fingerprint density at radius 1 is 0.963 bits per heavy atom. The molecular weight excluding hydrogens is 364 g/mol. The van der Waals surface area contributed by atoms with Crippen molar-refractivity contribution in [3.8, 4) is 5.88 Å². The third kappa shape index (κ3) is 3.45. The Kier molecular flexibility index (Phi) is 4.67. The number of anilines is 1. The van der Waals surface area contributed by atoms with E-state index >= 15 is 0 Å². The van der Waals surface area contributed by atoms with Crippen molar-refractivity contribution in [2.24, 2.45) is 0 Å². The first-order valence-electron chi connectivity index (χ1n) is 8.69. The van der Waals surface area contributed by atoms with Gasteiger partial charge >= 0.3 is 0 Å². The minimum atomic E-state index is -3.53. The topological polar surface area (TPSA) is 75.6 Å². The maximum absolute atomic E-state index is 13.0. The molecule has 0 amide bonds. The van der Waals surface area contributed by atoms with E-state index < -0.39 is 10.0 Å². The van der Waals surface area contributed by atoms with Crippen LogP contribution in [0.4, 0.5) is 5.95 Å². The number of fused-ring (bicyclic) bond motifs is 1. The fraction of sp³-hybridized carbons (Fsp3) is 0.263. The SMILES string of the molecule is COc1ccnc(N2CCN(S(=O)(=O)c3ccc4ccccc4c3)CC2)n1. The number of piperazine rings is 1. The summed E-state index contributed by atoms with van der Waals surface area (Å²) in [6.45, 7) is 1.82. The van der Waals surface area contributed by atoms with Crippen LogP contribution >= 0.6 is 0 Å². The van der Waals surface area contributed by atoms with E-state index in [2.05, 4.69) is 9.97 Å². The fourth-order valence-electron chi connectivity index (χ4n) is 3.20. The minimum absolute atomic E-state index is 0.326. The van der Waals surface area contributed by atoms with Crippen LogP contribution in [-0.2, 0) is 10.0 Å². The van der Waals surface area contributed by atoms with Crippen molar-refractivity contribution in [2.75, 3.05) is 38.2 Å². The number of benzene rings is 2. The molecule has 0 aliphatic carbocycles. The standard InChI is InChI=1S/C19H20N4O3S/c1-26-18-8-9-20-19(21-18)22-10-12-23(13-11-22)27(24,25)17-7-6-15-4-2-3-5-16(15)14-17/h2-9,14H,10-13H2,1H3.